The maximum absolute atomic E-state index is 11.5. The average Bonchev–Trinajstić information content (AvgIpc) is 2.30. The first-order valence-corrected chi connectivity index (χ1v) is 5.55. The fourth-order valence-electron chi connectivity index (χ4n) is 1.10. The molecule has 0 aromatic heterocycles. The van der Waals surface area contributed by atoms with Crippen LogP contribution in [0.4, 0.5) is 4.79 Å². The van der Waals surface area contributed by atoms with Crippen molar-refractivity contribution in [3.63, 3.8) is 0 Å². The highest BCUT2D eigenvalue weighted by Crippen LogP contribution is 1.89. The molecule has 98 valence electrons. The van der Waals surface area contributed by atoms with Crippen LogP contribution in [0, 0.1) is 0 Å². The maximum Gasteiger partial charge on any atom is 0.323 e. The van der Waals surface area contributed by atoms with E-state index >= 15 is 0 Å². The van der Waals surface area contributed by atoms with E-state index in [1.54, 1.807) is 13.0 Å². The number of nitrogens with zero attached hydrogens (tertiary/aromatic N) is 1. The second kappa shape index (κ2) is 9.65. The molecule has 0 aliphatic rings. The Labute approximate surface area is 101 Å². The first-order chi connectivity index (χ1) is 8.11. The van der Waals surface area contributed by atoms with Crippen molar-refractivity contribution < 1.29 is 19.4 Å². The van der Waals surface area contributed by atoms with Crippen molar-refractivity contribution in [1.82, 2.24) is 10.2 Å². The van der Waals surface area contributed by atoms with Crippen molar-refractivity contribution in [3.8, 4) is 0 Å². The lowest BCUT2D eigenvalue weighted by Gasteiger charge is -2.19. The lowest BCUT2D eigenvalue weighted by Crippen LogP contribution is -2.43. The molecule has 0 bridgehead atoms. The molecule has 0 aliphatic carbocycles. The SMILES string of the molecule is C=CCCOCCNC(=O)N(CC)CC(=O)O. The summed E-state index contributed by atoms with van der Waals surface area (Å²) >= 11 is 0. The summed E-state index contributed by atoms with van der Waals surface area (Å²) in [5, 5.41) is 11.2. The predicted molar refractivity (Wildman–Crippen MR) is 63.9 cm³/mol. The molecule has 0 atom stereocenters. The number of hydrogen-bond donors (Lipinski definition) is 2. The van der Waals surface area contributed by atoms with Crippen LogP contribution in [0.1, 0.15) is 13.3 Å². The van der Waals surface area contributed by atoms with Crippen LogP contribution in [0.5, 0.6) is 0 Å². The average molecular weight is 244 g/mol. The Morgan fingerprint density at radius 1 is 1.47 bits per heavy atom. The summed E-state index contributed by atoms with van der Waals surface area (Å²) in [6, 6.07) is -0.387. The highest BCUT2D eigenvalue weighted by atomic mass is 16.5. The molecule has 6 nitrogen and oxygen atoms in total. The Balaban J connectivity index is 3.68. The van der Waals surface area contributed by atoms with E-state index in [1.807, 2.05) is 0 Å². The molecule has 0 saturated heterocycles. The van der Waals surface area contributed by atoms with Crippen molar-refractivity contribution >= 4 is 12.0 Å². The number of aliphatic carboxylic acids is 1. The second-order valence-electron chi connectivity index (χ2n) is 3.33. The van der Waals surface area contributed by atoms with Gasteiger partial charge in [-0.2, -0.15) is 0 Å². The van der Waals surface area contributed by atoms with Gasteiger partial charge in [0.2, 0.25) is 0 Å². The highest BCUT2D eigenvalue weighted by Gasteiger charge is 2.13. The summed E-state index contributed by atoms with van der Waals surface area (Å²) < 4.78 is 5.20. The van der Waals surface area contributed by atoms with E-state index in [-0.39, 0.29) is 12.6 Å². The standard InChI is InChI=1S/C11H20N2O4/c1-3-5-7-17-8-6-12-11(16)13(4-2)9-10(14)15/h3H,1,4-9H2,2H3,(H,12,16)(H,14,15). The van der Waals surface area contributed by atoms with Gasteiger partial charge in [0.15, 0.2) is 0 Å². The van der Waals surface area contributed by atoms with E-state index in [4.69, 9.17) is 9.84 Å². The van der Waals surface area contributed by atoms with Gasteiger partial charge in [-0.15, -0.1) is 6.58 Å². The van der Waals surface area contributed by atoms with Gasteiger partial charge in [-0.05, 0) is 13.3 Å². The maximum atomic E-state index is 11.5. The first-order valence-electron chi connectivity index (χ1n) is 5.55. The molecule has 0 aliphatic heterocycles. The van der Waals surface area contributed by atoms with E-state index in [0.29, 0.717) is 26.3 Å². The van der Waals surface area contributed by atoms with Crippen LogP contribution in [-0.4, -0.2) is 54.9 Å². The third kappa shape index (κ3) is 8.27. The summed E-state index contributed by atoms with van der Waals surface area (Å²) in [6.45, 7) is 6.70. The largest absolute Gasteiger partial charge is 0.480 e. The molecule has 2 N–H and O–H groups in total. The summed E-state index contributed by atoms with van der Waals surface area (Å²) in [5.74, 6) is -1.02. The smallest absolute Gasteiger partial charge is 0.323 e. The van der Waals surface area contributed by atoms with Crippen LogP contribution in [-0.2, 0) is 9.53 Å². The quantitative estimate of drug-likeness (QED) is 0.462. The van der Waals surface area contributed by atoms with Crippen LogP contribution in [0.3, 0.4) is 0 Å². The zero-order chi connectivity index (χ0) is 13.1. The van der Waals surface area contributed by atoms with Gasteiger partial charge in [0.05, 0.1) is 13.2 Å². The molecule has 0 aromatic carbocycles. The summed E-state index contributed by atoms with van der Waals surface area (Å²) in [6.07, 6.45) is 2.53. The number of likely N-dealkylation sites (N-methyl/N-ethyl adjacent to an activating group) is 1. The van der Waals surface area contributed by atoms with Crippen molar-refractivity contribution in [3.05, 3.63) is 12.7 Å². The predicted octanol–water partition coefficient (Wildman–Crippen LogP) is 0.695. The molecule has 0 radical (unpaired) electrons. The molecule has 17 heavy (non-hydrogen) atoms. The van der Waals surface area contributed by atoms with Crippen LogP contribution < -0.4 is 5.32 Å². The van der Waals surface area contributed by atoms with Crippen LogP contribution >= 0.6 is 0 Å². The minimum absolute atomic E-state index is 0.292. The molecule has 0 heterocycles. The number of rotatable bonds is 9. The van der Waals surface area contributed by atoms with Crippen LogP contribution in [0.2, 0.25) is 0 Å². The number of carboxylic acids is 1. The first kappa shape index (κ1) is 15.4. The number of urea groups is 1. The lowest BCUT2D eigenvalue weighted by atomic mass is 10.4. The van der Waals surface area contributed by atoms with Crippen molar-refractivity contribution in [1.29, 1.82) is 0 Å². The lowest BCUT2D eigenvalue weighted by molar-refractivity contribution is -0.137. The molecule has 0 spiro atoms. The van der Waals surface area contributed by atoms with E-state index in [0.717, 1.165) is 6.42 Å². The van der Waals surface area contributed by atoms with Crippen LogP contribution in [0.25, 0.3) is 0 Å². The molecule has 0 unspecified atom stereocenters. The van der Waals surface area contributed by atoms with Crippen LogP contribution in [0.15, 0.2) is 12.7 Å². The number of amides is 2. The van der Waals surface area contributed by atoms with E-state index in [1.165, 1.54) is 4.90 Å². The third-order valence-electron chi connectivity index (χ3n) is 1.98. The van der Waals surface area contributed by atoms with Crippen molar-refractivity contribution in [2.45, 2.75) is 13.3 Å². The Morgan fingerprint density at radius 2 is 2.18 bits per heavy atom. The molecule has 2 amide bonds. The monoisotopic (exact) mass is 244 g/mol. The topological polar surface area (TPSA) is 78.9 Å². The zero-order valence-electron chi connectivity index (χ0n) is 10.1. The minimum Gasteiger partial charge on any atom is -0.480 e. The summed E-state index contributed by atoms with van der Waals surface area (Å²) in [7, 11) is 0. The number of carbonyl (C=O) groups is 2. The molecule has 0 saturated carbocycles. The molecular weight excluding hydrogens is 224 g/mol. The fourth-order valence-corrected chi connectivity index (χ4v) is 1.10. The van der Waals surface area contributed by atoms with Crippen molar-refractivity contribution in [2.75, 3.05) is 32.8 Å². The zero-order valence-corrected chi connectivity index (χ0v) is 10.1. The van der Waals surface area contributed by atoms with Gasteiger partial charge in [0, 0.05) is 13.1 Å². The van der Waals surface area contributed by atoms with Crippen molar-refractivity contribution in [2.24, 2.45) is 0 Å². The molecule has 0 aromatic rings. The van der Waals surface area contributed by atoms with E-state index in [9.17, 15) is 9.59 Å². The Morgan fingerprint density at radius 3 is 2.71 bits per heavy atom. The molecule has 0 rings (SSSR count). The number of carboxylic acid groups (broad SMARTS) is 1. The van der Waals surface area contributed by atoms with E-state index < -0.39 is 5.97 Å². The van der Waals surface area contributed by atoms with E-state index in [2.05, 4.69) is 11.9 Å². The van der Waals surface area contributed by atoms with Gasteiger partial charge in [-0.3, -0.25) is 4.79 Å². The van der Waals surface area contributed by atoms with Gasteiger partial charge in [-0.25, -0.2) is 4.79 Å². The Kier molecular flexibility index (Phi) is 8.77. The molecule has 0 fully saturated rings. The second-order valence-corrected chi connectivity index (χ2v) is 3.33. The van der Waals surface area contributed by atoms with Gasteiger partial charge in [0.25, 0.3) is 0 Å². The number of carbonyl (C=O) groups excluding carboxylic acids is 1. The summed E-state index contributed by atoms with van der Waals surface area (Å²) in [4.78, 5) is 23.2. The molecule has 6 heteroatoms. The number of nitrogens with one attached hydrogen (secondary N) is 1. The Bertz CT molecular complexity index is 256. The minimum atomic E-state index is -1.02. The normalized spacial score (nSPS) is 9.71. The Hall–Kier alpha value is -1.56. The number of ether oxygens (including phenoxy) is 1. The third-order valence-corrected chi connectivity index (χ3v) is 1.98. The van der Waals surface area contributed by atoms with Gasteiger partial charge in [0.1, 0.15) is 6.54 Å². The summed E-state index contributed by atoms with van der Waals surface area (Å²) in [5.41, 5.74) is 0. The van der Waals surface area contributed by atoms with Gasteiger partial charge >= 0.3 is 12.0 Å². The van der Waals surface area contributed by atoms with Gasteiger partial charge in [-0.1, -0.05) is 6.08 Å². The fraction of sp³-hybridized carbons (Fsp3) is 0.636. The molecular formula is C11H20N2O4. The number of hydrogen-bond acceptors (Lipinski definition) is 3. The highest BCUT2D eigenvalue weighted by molar-refractivity contribution is 5.79. The van der Waals surface area contributed by atoms with Gasteiger partial charge < -0.3 is 20.1 Å².